The van der Waals surface area contributed by atoms with Crippen LogP contribution in [0.4, 0.5) is 17.1 Å². The Hall–Kier alpha value is -9.96. The molecule has 16 rings (SSSR count). The van der Waals surface area contributed by atoms with Crippen LogP contribution in [0.1, 0.15) is 22.3 Å². The van der Waals surface area contributed by atoms with Crippen molar-refractivity contribution in [2.45, 2.75) is 5.41 Å². The quantitative estimate of drug-likeness (QED) is 0.155. The van der Waals surface area contributed by atoms with Crippen LogP contribution in [0.25, 0.3) is 99.5 Å². The minimum atomic E-state index is -0.594. The highest BCUT2D eigenvalue weighted by molar-refractivity contribution is 6.13. The van der Waals surface area contributed by atoms with Crippen molar-refractivity contribution in [2.75, 3.05) is 4.90 Å². The molecule has 0 bridgehead atoms. The van der Waals surface area contributed by atoms with Gasteiger partial charge in [-0.15, -0.1) is 0 Å². The summed E-state index contributed by atoms with van der Waals surface area (Å²) >= 11 is 0. The van der Waals surface area contributed by atoms with E-state index in [-0.39, 0.29) is 0 Å². The van der Waals surface area contributed by atoms with Crippen LogP contribution in [0.3, 0.4) is 0 Å². The van der Waals surface area contributed by atoms with Crippen LogP contribution in [-0.4, -0.2) is 9.13 Å². The highest BCUT2D eigenvalue weighted by Crippen LogP contribution is 2.62. The first-order valence-corrected chi connectivity index (χ1v) is 26.3. The Morgan fingerprint density at radius 1 is 0.276 bits per heavy atom. The van der Waals surface area contributed by atoms with Gasteiger partial charge in [0.25, 0.3) is 0 Å². The van der Waals surface area contributed by atoms with E-state index >= 15 is 0 Å². The van der Waals surface area contributed by atoms with Gasteiger partial charge in [0.2, 0.25) is 0 Å². The average molecular weight is 966 g/mol. The summed E-state index contributed by atoms with van der Waals surface area (Å²) in [6.07, 6.45) is 0. The predicted molar refractivity (Wildman–Crippen MR) is 317 cm³/mol. The van der Waals surface area contributed by atoms with E-state index in [1.165, 1.54) is 93.8 Å². The topological polar surface area (TPSA) is 13.1 Å². The molecule has 12 aromatic carbocycles. The highest BCUT2D eigenvalue weighted by Gasteiger charge is 2.51. The molecule has 1 atom stereocenters. The number of nitrogens with zero attached hydrogens (tertiary/aromatic N) is 3. The number of fused-ring (bicyclic) bond motifs is 15. The maximum Gasteiger partial charge on any atom is 0.0755 e. The van der Waals surface area contributed by atoms with Gasteiger partial charge in [0, 0.05) is 44.2 Å². The molecule has 3 heterocycles. The molecule has 354 valence electrons. The van der Waals surface area contributed by atoms with Crippen LogP contribution >= 0.6 is 0 Å². The highest BCUT2D eigenvalue weighted by atomic mass is 15.1. The molecule has 0 saturated carbocycles. The van der Waals surface area contributed by atoms with E-state index in [1.54, 1.807) is 0 Å². The summed E-state index contributed by atoms with van der Waals surface area (Å²) in [5.74, 6) is 0. The number of rotatable bonds is 7. The van der Waals surface area contributed by atoms with Crippen molar-refractivity contribution in [3.8, 4) is 55.9 Å². The smallest absolute Gasteiger partial charge is 0.0755 e. The maximum absolute atomic E-state index is 2.53. The number of anilines is 3. The Balaban J connectivity index is 0.908. The minimum Gasteiger partial charge on any atom is -0.310 e. The predicted octanol–water partition coefficient (Wildman–Crippen LogP) is 19.0. The number of para-hydroxylation sites is 6. The molecular weight excluding hydrogens is 919 g/mol. The van der Waals surface area contributed by atoms with Gasteiger partial charge in [0.05, 0.1) is 38.9 Å². The fourth-order valence-corrected chi connectivity index (χ4v) is 13.4. The van der Waals surface area contributed by atoms with Gasteiger partial charge < -0.3 is 14.0 Å². The van der Waals surface area contributed by atoms with Gasteiger partial charge >= 0.3 is 0 Å². The van der Waals surface area contributed by atoms with Gasteiger partial charge in [-0.1, -0.05) is 212 Å². The van der Waals surface area contributed by atoms with Crippen LogP contribution in [0.5, 0.6) is 0 Å². The van der Waals surface area contributed by atoms with Gasteiger partial charge in [0.15, 0.2) is 0 Å². The number of hydrogen-bond donors (Lipinski definition) is 0. The Morgan fingerprint density at radius 3 is 1.57 bits per heavy atom. The molecule has 3 heteroatoms. The Kier molecular flexibility index (Phi) is 9.25. The summed E-state index contributed by atoms with van der Waals surface area (Å²) in [4.78, 5) is 2.49. The number of benzene rings is 12. The van der Waals surface area contributed by atoms with E-state index in [1.807, 2.05) is 0 Å². The average Bonchev–Trinajstić information content (AvgIpc) is 4.33. The molecule has 3 nitrogen and oxygen atoms in total. The second-order valence-electron chi connectivity index (χ2n) is 20.4. The number of hydrogen-bond acceptors (Lipinski definition) is 1. The third-order valence-electron chi connectivity index (χ3n) is 16.5. The molecule has 0 radical (unpaired) electrons. The molecule has 1 aliphatic carbocycles. The van der Waals surface area contributed by atoms with Crippen molar-refractivity contribution in [3.05, 3.63) is 307 Å². The molecule has 2 aromatic heterocycles. The zero-order valence-corrected chi connectivity index (χ0v) is 41.5. The standard InChI is InChI=1S/C73H47N3/c1-2-19-48(20-3-1)50-21-16-23-52(45-50)56-25-5-11-34-67(56)74(53-41-39-49(40-42-53)51-22-17-24-54(46-51)75-68-35-12-6-27-59(68)60-28-7-13-36-69(60)75)55-43-44-58-57-26-4-9-31-63(57)73(66(58)47-55)64-32-10-15-38-71(64)76-70-37-14-8-29-61(70)62-30-18-33-65(73)72(62)76/h1-47H. The van der Waals surface area contributed by atoms with E-state index < -0.39 is 5.41 Å². The molecule has 0 saturated heterocycles. The SMILES string of the molecule is c1ccc(-c2cccc(-c3ccccc3N(c3ccc(-c4cccc(-n5c6ccccc6c6ccccc65)c4)cc3)c3ccc4c(c3)C3(c5ccccc5-4)c4ccccc4-n4c5ccccc5c5cccc3c54)c2)cc1. The van der Waals surface area contributed by atoms with Crippen molar-refractivity contribution in [1.29, 1.82) is 0 Å². The lowest BCUT2D eigenvalue weighted by Crippen LogP contribution is -2.33. The van der Waals surface area contributed by atoms with E-state index in [4.69, 9.17) is 0 Å². The summed E-state index contributed by atoms with van der Waals surface area (Å²) in [6.45, 7) is 0. The summed E-state index contributed by atoms with van der Waals surface area (Å²) in [5, 5.41) is 5.06. The molecule has 0 fully saturated rings. The molecule has 1 unspecified atom stereocenters. The van der Waals surface area contributed by atoms with E-state index in [0.29, 0.717) is 0 Å². The molecular formula is C73H47N3. The van der Waals surface area contributed by atoms with E-state index in [0.717, 1.165) is 45.0 Å². The zero-order chi connectivity index (χ0) is 49.9. The second kappa shape index (κ2) is 16.5. The largest absolute Gasteiger partial charge is 0.310 e. The first-order valence-electron chi connectivity index (χ1n) is 26.3. The van der Waals surface area contributed by atoms with Gasteiger partial charge in [-0.25, -0.2) is 0 Å². The minimum absolute atomic E-state index is 0.594. The lowest BCUT2D eigenvalue weighted by molar-refractivity contribution is 0.748. The van der Waals surface area contributed by atoms with Gasteiger partial charge in [0.1, 0.15) is 0 Å². The summed E-state index contributed by atoms with van der Waals surface area (Å²) in [5.41, 5.74) is 24.7. The first-order chi connectivity index (χ1) is 37.7. The van der Waals surface area contributed by atoms with Crippen LogP contribution in [-0.2, 0) is 5.41 Å². The monoisotopic (exact) mass is 965 g/mol. The third-order valence-corrected chi connectivity index (χ3v) is 16.5. The molecule has 14 aromatic rings. The summed E-state index contributed by atoms with van der Waals surface area (Å²) in [6, 6.07) is 106. The van der Waals surface area contributed by atoms with Gasteiger partial charge in [-0.05, 0) is 134 Å². The van der Waals surface area contributed by atoms with Crippen molar-refractivity contribution in [3.63, 3.8) is 0 Å². The fourth-order valence-electron chi connectivity index (χ4n) is 13.4. The molecule has 2 aliphatic rings. The normalized spacial score (nSPS) is 14.1. The van der Waals surface area contributed by atoms with Crippen molar-refractivity contribution >= 4 is 60.7 Å². The summed E-state index contributed by atoms with van der Waals surface area (Å²) < 4.78 is 4.93. The first kappa shape index (κ1) is 42.5. The molecule has 1 aliphatic heterocycles. The molecule has 0 N–H and O–H groups in total. The molecule has 1 spiro atoms. The lowest BCUT2D eigenvalue weighted by atomic mass is 9.65. The third kappa shape index (κ3) is 6.05. The Morgan fingerprint density at radius 2 is 0.789 bits per heavy atom. The van der Waals surface area contributed by atoms with Crippen molar-refractivity contribution in [2.24, 2.45) is 0 Å². The van der Waals surface area contributed by atoms with E-state index in [9.17, 15) is 0 Å². The van der Waals surface area contributed by atoms with Crippen LogP contribution in [0, 0.1) is 0 Å². The second-order valence-corrected chi connectivity index (χ2v) is 20.4. The van der Waals surface area contributed by atoms with Crippen LogP contribution in [0.15, 0.2) is 285 Å². The lowest BCUT2D eigenvalue weighted by Gasteiger charge is -2.40. The zero-order valence-electron chi connectivity index (χ0n) is 41.5. The Bertz CT molecular complexity index is 4600. The van der Waals surface area contributed by atoms with Crippen molar-refractivity contribution in [1.82, 2.24) is 9.13 Å². The van der Waals surface area contributed by atoms with Crippen molar-refractivity contribution < 1.29 is 0 Å². The molecule has 0 amide bonds. The van der Waals surface area contributed by atoms with Crippen LogP contribution in [0.2, 0.25) is 0 Å². The van der Waals surface area contributed by atoms with Crippen LogP contribution < -0.4 is 4.90 Å². The van der Waals surface area contributed by atoms with E-state index in [2.05, 4.69) is 299 Å². The maximum atomic E-state index is 2.53. The Labute approximate surface area is 441 Å². The number of aromatic nitrogens is 2. The summed E-state index contributed by atoms with van der Waals surface area (Å²) in [7, 11) is 0. The van der Waals surface area contributed by atoms with Gasteiger partial charge in [-0.2, -0.15) is 0 Å². The van der Waals surface area contributed by atoms with Gasteiger partial charge in [-0.3, -0.25) is 0 Å². The molecule has 76 heavy (non-hydrogen) atoms. The fraction of sp³-hybridized carbons (Fsp3) is 0.0137.